The molecule has 1 atom stereocenters. The number of rotatable bonds is 4. The van der Waals surface area contributed by atoms with Gasteiger partial charge in [-0.25, -0.2) is 14.4 Å². The van der Waals surface area contributed by atoms with Crippen LogP contribution in [0, 0.1) is 5.82 Å². The van der Waals surface area contributed by atoms with Gasteiger partial charge in [0.05, 0.1) is 12.6 Å². The molecule has 1 aliphatic rings. The van der Waals surface area contributed by atoms with E-state index in [2.05, 4.69) is 14.9 Å². The van der Waals surface area contributed by atoms with E-state index < -0.39 is 5.82 Å². The van der Waals surface area contributed by atoms with Crippen molar-refractivity contribution in [3.05, 3.63) is 24.3 Å². The van der Waals surface area contributed by atoms with Crippen molar-refractivity contribution in [3.8, 4) is 5.75 Å². The van der Waals surface area contributed by atoms with Gasteiger partial charge in [-0.3, -0.25) is 0 Å². The zero-order chi connectivity index (χ0) is 15.5. The third kappa shape index (κ3) is 2.70. The van der Waals surface area contributed by atoms with Crippen molar-refractivity contribution in [1.82, 2.24) is 9.97 Å². The van der Waals surface area contributed by atoms with Crippen molar-refractivity contribution >= 4 is 16.7 Å². The first-order valence-corrected chi connectivity index (χ1v) is 7.60. The summed E-state index contributed by atoms with van der Waals surface area (Å²) in [6.45, 7) is 1.04. The largest absolute Gasteiger partial charge is 0.494 e. The van der Waals surface area contributed by atoms with E-state index in [0.717, 1.165) is 37.0 Å². The van der Waals surface area contributed by atoms with E-state index in [4.69, 9.17) is 4.74 Å². The average molecular weight is 305 g/mol. The highest BCUT2D eigenvalue weighted by Gasteiger charge is 2.25. The molecule has 22 heavy (non-hydrogen) atoms. The SMILES string of the molecule is COc1cc2c(N3CCCCC3CCO)ncnc2cc1F. The molecule has 1 unspecified atom stereocenters. The van der Waals surface area contributed by atoms with Crippen LogP contribution < -0.4 is 9.64 Å². The summed E-state index contributed by atoms with van der Waals surface area (Å²) in [6.07, 6.45) is 5.45. The second-order valence-electron chi connectivity index (χ2n) is 5.56. The molecule has 1 N–H and O–H groups in total. The predicted octanol–water partition coefficient (Wildman–Crippen LogP) is 2.52. The van der Waals surface area contributed by atoms with Crippen molar-refractivity contribution in [1.29, 1.82) is 0 Å². The van der Waals surface area contributed by atoms with Gasteiger partial charge in [0, 0.05) is 30.6 Å². The van der Waals surface area contributed by atoms with Gasteiger partial charge >= 0.3 is 0 Å². The number of anilines is 1. The van der Waals surface area contributed by atoms with Crippen LogP contribution in [0.15, 0.2) is 18.5 Å². The fourth-order valence-electron chi connectivity index (χ4n) is 3.16. The molecule has 0 saturated carbocycles. The van der Waals surface area contributed by atoms with E-state index >= 15 is 0 Å². The molecule has 1 aromatic heterocycles. The highest BCUT2D eigenvalue weighted by Crippen LogP contribution is 2.33. The van der Waals surface area contributed by atoms with Gasteiger partial charge in [0.2, 0.25) is 0 Å². The van der Waals surface area contributed by atoms with Crippen molar-refractivity contribution in [2.45, 2.75) is 31.7 Å². The van der Waals surface area contributed by atoms with Crippen molar-refractivity contribution in [2.24, 2.45) is 0 Å². The number of nitrogens with zero attached hydrogens (tertiary/aromatic N) is 3. The maximum Gasteiger partial charge on any atom is 0.167 e. The highest BCUT2D eigenvalue weighted by molar-refractivity contribution is 5.90. The van der Waals surface area contributed by atoms with E-state index in [1.165, 1.54) is 19.5 Å². The minimum absolute atomic E-state index is 0.155. The van der Waals surface area contributed by atoms with E-state index in [1.54, 1.807) is 6.07 Å². The number of hydrogen-bond acceptors (Lipinski definition) is 5. The normalized spacial score (nSPS) is 18.7. The molecule has 1 aliphatic heterocycles. The van der Waals surface area contributed by atoms with E-state index in [-0.39, 0.29) is 18.4 Å². The first-order chi connectivity index (χ1) is 10.7. The second kappa shape index (κ2) is 6.44. The summed E-state index contributed by atoms with van der Waals surface area (Å²) in [7, 11) is 1.45. The zero-order valence-electron chi connectivity index (χ0n) is 12.6. The number of aliphatic hydroxyl groups excluding tert-OH is 1. The number of fused-ring (bicyclic) bond motifs is 1. The molecule has 6 heteroatoms. The summed E-state index contributed by atoms with van der Waals surface area (Å²) in [5.74, 6) is 0.561. The number of aliphatic hydroxyl groups is 1. The van der Waals surface area contributed by atoms with Gasteiger partial charge in [0.1, 0.15) is 12.1 Å². The van der Waals surface area contributed by atoms with Crippen LogP contribution in [0.25, 0.3) is 10.9 Å². The fraction of sp³-hybridized carbons (Fsp3) is 0.500. The molecule has 0 aliphatic carbocycles. The molecule has 2 heterocycles. The Bertz CT molecular complexity index is 663. The van der Waals surface area contributed by atoms with Gasteiger partial charge in [0.15, 0.2) is 11.6 Å². The van der Waals surface area contributed by atoms with Crippen LogP contribution in [0.3, 0.4) is 0 Å². The van der Waals surface area contributed by atoms with Gasteiger partial charge in [-0.1, -0.05) is 0 Å². The van der Waals surface area contributed by atoms with Crippen molar-refractivity contribution in [2.75, 3.05) is 25.2 Å². The molecule has 0 radical (unpaired) electrons. The lowest BCUT2D eigenvalue weighted by Crippen LogP contribution is -2.40. The van der Waals surface area contributed by atoms with Crippen LogP contribution in [-0.4, -0.2) is 41.4 Å². The number of methoxy groups -OCH3 is 1. The van der Waals surface area contributed by atoms with Gasteiger partial charge in [0.25, 0.3) is 0 Å². The Hall–Kier alpha value is -1.95. The van der Waals surface area contributed by atoms with E-state index in [9.17, 15) is 9.50 Å². The summed E-state index contributed by atoms with van der Waals surface area (Å²) in [5, 5.41) is 10.1. The summed E-state index contributed by atoms with van der Waals surface area (Å²) in [4.78, 5) is 10.8. The Balaban J connectivity index is 2.08. The molecule has 2 aromatic rings. The summed E-state index contributed by atoms with van der Waals surface area (Å²) >= 11 is 0. The minimum Gasteiger partial charge on any atom is -0.494 e. The third-order valence-corrected chi connectivity index (χ3v) is 4.25. The molecule has 0 amide bonds. The van der Waals surface area contributed by atoms with Crippen LogP contribution in [0.4, 0.5) is 10.2 Å². The maximum atomic E-state index is 13.9. The molecule has 1 fully saturated rings. The zero-order valence-corrected chi connectivity index (χ0v) is 12.6. The van der Waals surface area contributed by atoms with Crippen LogP contribution >= 0.6 is 0 Å². The fourth-order valence-corrected chi connectivity index (χ4v) is 3.16. The van der Waals surface area contributed by atoms with Gasteiger partial charge in [-0.2, -0.15) is 0 Å². The van der Waals surface area contributed by atoms with Crippen molar-refractivity contribution < 1.29 is 14.2 Å². The van der Waals surface area contributed by atoms with Crippen molar-refractivity contribution in [3.63, 3.8) is 0 Å². The Labute approximate surface area is 128 Å². The van der Waals surface area contributed by atoms with E-state index in [0.29, 0.717) is 11.9 Å². The summed E-state index contributed by atoms with van der Waals surface area (Å²) < 4.78 is 18.9. The van der Waals surface area contributed by atoms with Crippen LogP contribution in [-0.2, 0) is 0 Å². The maximum absolute atomic E-state index is 13.9. The predicted molar refractivity (Wildman–Crippen MR) is 82.7 cm³/mol. The first-order valence-electron chi connectivity index (χ1n) is 7.60. The molecule has 0 bridgehead atoms. The minimum atomic E-state index is -0.426. The molecule has 118 valence electrons. The van der Waals surface area contributed by atoms with Crippen LogP contribution in [0.5, 0.6) is 5.75 Å². The Morgan fingerprint density at radius 3 is 3.00 bits per heavy atom. The monoisotopic (exact) mass is 305 g/mol. The molecule has 1 aromatic carbocycles. The quantitative estimate of drug-likeness (QED) is 0.940. The Morgan fingerprint density at radius 1 is 1.36 bits per heavy atom. The number of hydrogen-bond donors (Lipinski definition) is 1. The smallest absolute Gasteiger partial charge is 0.167 e. The number of ether oxygens (including phenoxy) is 1. The molecular formula is C16H20FN3O2. The molecule has 0 spiro atoms. The van der Waals surface area contributed by atoms with Crippen LogP contribution in [0.1, 0.15) is 25.7 Å². The topological polar surface area (TPSA) is 58.5 Å². The summed E-state index contributed by atoms with van der Waals surface area (Å²) in [5.41, 5.74) is 0.566. The standard InChI is InChI=1S/C16H20FN3O2/c1-22-15-8-12-14(9-13(15)17)18-10-19-16(12)20-6-3-2-4-11(20)5-7-21/h8-11,21H,2-7H2,1H3. The highest BCUT2D eigenvalue weighted by atomic mass is 19.1. The second-order valence-corrected chi connectivity index (χ2v) is 5.56. The number of halogens is 1. The lowest BCUT2D eigenvalue weighted by Gasteiger charge is -2.37. The average Bonchev–Trinajstić information content (AvgIpc) is 2.54. The Kier molecular flexibility index (Phi) is 4.38. The molecule has 1 saturated heterocycles. The molecule has 5 nitrogen and oxygen atoms in total. The lowest BCUT2D eigenvalue weighted by atomic mass is 9.99. The first kappa shape index (κ1) is 15.0. The number of aromatic nitrogens is 2. The third-order valence-electron chi connectivity index (χ3n) is 4.25. The van der Waals surface area contributed by atoms with Crippen LogP contribution in [0.2, 0.25) is 0 Å². The number of benzene rings is 1. The Morgan fingerprint density at radius 2 is 2.23 bits per heavy atom. The van der Waals surface area contributed by atoms with Gasteiger partial charge in [-0.15, -0.1) is 0 Å². The van der Waals surface area contributed by atoms with Gasteiger partial charge < -0.3 is 14.7 Å². The van der Waals surface area contributed by atoms with E-state index in [1.807, 2.05) is 0 Å². The molecular weight excluding hydrogens is 285 g/mol. The lowest BCUT2D eigenvalue weighted by molar-refractivity contribution is 0.262. The molecule has 3 rings (SSSR count). The number of piperidine rings is 1. The summed E-state index contributed by atoms with van der Waals surface area (Å²) in [6, 6.07) is 3.29. The van der Waals surface area contributed by atoms with Gasteiger partial charge in [-0.05, 0) is 31.7 Å².